The van der Waals surface area contributed by atoms with E-state index < -0.39 is 0 Å². The first-order valence-corrected chi connectivity index (χ1v) is 5.90. The van der Waals surface area contributed by atoms with Crippen molar-refractivity contribution in [3.63, 3.8) is 0 Å². The van der Waals surface area contributed by atoms with Crippen LogP contribution in [0.4, 0.5) is 0 Å². The minimum Gasteiger partial charge on any atom is -0.353 e. The van der Waals surface area contributed by atoms with Gasteiger partial charge in [-0.05, 0) is 24.8 Å². The molecule has 2 heteroatoms. The van der Waals surface area contributed by atoms with Gasteiger partial charge < -0.3 is 9.47 Å². The summed E-state index contributed by atoms with van der Waals surface area (Å²) in [5.41, 5.74) is 1.20. The summed E-state index contributed by atoms with van der Waals surface area (Å²) >= 11 is 0. The monoisotopic (exact) mass is 218 g/mol. The summed E-state index contributed by atoms with van der Waals surface area (Å²) in [6.07, 6.45) is 7.52. The minimum atomic E-state index is 0.00849. The van der Waals surface area contributed by atoms with Crippen LogP contribution in [0.15, 0.2) is 36.4 Å². The first-order valence-electron chi connectivity index (χ1n) is 5.90. The lowest BCUT2D eigenvalue weighted by Crippen LogP contribution is -2.22. The molecule has 16 heavy (non-hydrogen) atoms. The lowest BCUT2D eigenvalue weighted by atomic mass is 10.2. The van der Waals surface area contributed by atoms with Crippen molar-refractivity contribution < 1.29 is 9.47 Å². The molecule has 0 aromatic heterocycles. The van der Waals surface area contributed by atoms with Crippen molar-refractivity contribution in [3.8, 4) is 0 Å². The van der Waals surface area contributed by atoms with E-state index in [1.165, 1.54) is 18.4 Å². The van der Waals surface area contributed by atoms with Gasteiger partial charge in [-0.15, -0.1) is 0 Å². The topological polar surface area (TPSA) is 18.5 Å². The van der Waals surface area contributed by atoms with E-state index in [1.54, 1.807) is 0 Å². The number of ether oxygens (including phenoxy) is 2. The molecule has 1 saturated heterocycles. The van der Waals surface area contributed by atoms with Gasteiger partial charge in [-0.3, -0.25) is 0 Å². The minimum absolute atomic E-state index is 0.00849. The summed E-state index contributed by atoms with van der Waals surface area (Å²) in [5, 5.41) is 0. The molecular weight excluding hydrogens is 200 g/mol. The predicted octanol–water partition coefficient (Wildman–Crippen LogP) is 3.24. The zero-order valence-electron chi connectivity index (χ0n) is 9.47. The van der Waals surface area contributed by atoms with E-state index in [4.69, 9.17) is 9.47 Å². The van der Waals surface area contributed by atoms with Crippen LogP contribution in [0, 0.1) is 0 Å². The molecule has 1 fully saturated rings. The van der Waals surface area contributed by atoms with Crippen LogP contribution in [0.2, 0.25) is 0 Å². The van der Waals surface area contributed by atoms with E-state index in [2.05, 4.69) is 18.2 Å². The highest BCUT2D eigenvalue weighted by Gasteiger charge is 2.12. The standard InChI is InChI=1S/C14H18O2/c1-2-7-13(8-3-1)9-6-12-16-14-10-4-5-11-15-14/h1-3,6-9,14H,4-5,10-12H2/b9-6+/t14-/m1/s1. The molecule has 0 radical (unpaired) electrons. The normalized spacial score (nSPS) is 21.4. The number of benzene rings is 1. The van der Waals surface area contributed by atoms with Crippen LogP contribution in [-0.4, -0.2) is 19.5 Å². The molecular formula is C14H18O2. The third-order valence-electron chi connectivity index (χ3n) is 2.63. The number of hydrogen-bond acceptors (Lipinski definition) is 2. The Morgan fingerprint density at radius 3 is 2.88 bits per heavy atom. The molecule has 1 aromatic rings. The van der Waals surface area contributed by atoms with Crippen molar-refractivity contribution in [2.75, 3.05) is 13.2 Å². The lowest BCUT2D eigenvalue weighted by molar-refractivity contribution is -0.155. The molecule has 0 N–H and O–H groups in total. The first kappa shape index (κ1) is 11.4. The van der Waals surface area contributed by atoms with E-state index in [-0.39, 0.29) is 6.29 Å². The van der Waals surface area contributed by atoms with Gasteiger partial charge in [-0.1, -0.05) is 42.5 Å². The van der Waals surface area contributed by atoms with Crippen LogP contribution in [0.1, 0.15) is 24.8 Å². The van der Waals surface area contributed by atoms with Crippen molar-refractivity contribution in [1.29, 1.82) is 0 Å². The summed E-state index contributed by atoms with van der Waals surface area (Å²) in [6.45, 7) is 1.46. The molecule has 86 valence electrons. The second-order valence-corrected chi connectivity index (χ2v) is 3.94. The molecule has 0 unspecified atom stereocenters. The summed E-state index contributed by atoms with van der Waals surface area (Å²) in [6, 6.07) is 10.2. The molecule has 2 rings (SSSR count). The van der Waals surface area contributed by atoms with Gasteiger partial charge in [0.05, 0.1) is 6.61 Å². The summed E-state index contributed by atoms with van der Waals surface area (Å²) in [7, 11) is 0. The molecule has 1 atom stereocenters. The molecule has 1 aliphatic heterocycles. The fourth-order valence-corrected chi connectivity index (χ4v) is 1.75. The van der Waals surface area contributed by atoms with Crippen LogP contribution >= 0.6 is 0 Å². The maximum atomic E-state index is 5.60. The lowest BCUT2D eigenvalue weighted by Gasteiger charge is -2.21. The Morgan fingerprint density at radius 1 is 1.25 bits per heavy atom. The molecule has 0 spiro atoms. The van der Waals surface area contributed by atoms with Gasteiger partial charge in [0.1, 0.15) is 0 Å². The molecule has 2 nitrogen and oxygen atoms in total. The van der Waals surface area contributed by atoms with E-state index in [1.807, 2.05) is 24.3 Å². The Morgan fingerprint density at radius 2 is 2.12 bits per heavy atom. The van der Waals surface area contributed by atoms with Crippen molar-refractivity contribution in [3.05, 3.63) is 42.0 Å². The highest BCUT2D eigenvalue weighted by atomic mass is 16.7. The Hall–Kier alpha value is -1.12. The molecule has 1 aromatic carbocycles. The second-order valence-electron chi connectivity index (χ2n) is 3.94. The second kappa shape index (κ2) is 6.46. The summed E-state index contributed by atoms with van der Waals surface area (Å²) in [5.74, 6) is 0. The van der Waals surface area contributed by atoms with Crippen LogP contribution in [-0.2, 0) is 9.47 Å². The Balaban J connectivity index is 1.69. The number of hydrogen-bond donors (Lipinski definition) is 0. The molecule has 0 amide bonds. The Labute approximate surface area is 96.9 Å². The predicted molar refractivity (Wildman–Crippen MR) is 65.0 cm³/mol. The molecule has 0 saturated carbocycles. The highest BCUT2D eigenvalue weighted by Crippen LogP contribution is 2.13. The average Bonchev–Trinajstić information content (AvgIpc) is 2.37. The van der Waals surface area contributed by atoms with Gasteiger partial charge in [0.25, 0.3) is 0 Å². The SMILES string of the molecule is C(=C\c1ccccc1)/CO[C@@H]1CCCCO1. The molecule has 0 bridgehead atoms. The van der Waals surface area contributed by atoms with Crippen LogP contribution in [0.5, 0.6) is 0 Å². The van der Waals surface area contributed by atoms with Crippen molar-refractivity contribution >= 4 is 6.08 Å². The summed E-state index contributed by atoms with van der Waals surface area (Å²) in [4.78, 5) is 0. The molecule has 1 aliphatic rings. The zero-order chi connectivity index (χ0) is 11.1. The van der Waals surface area contributed by atoms with E-state index >= 15 is 0 Å². The fraction of sp³-hybridized carbons (Fsp3) is 0.429. The third kappa shape index (κ3) is 3.80. The van der Waals surface area contributed by atoms with Gasteiger partial charge in [0, 0.05) is 6.61 Å². The van der Waals surface area contributed by atoms with Gasteiger partial charge in [-0.2, -0.15) is 0 Å². The van der Waals surface area contributed by atoms with E-state index in [9.17, 15) is 0 Å². The zero-order valence-corrected chi connectivity index (χ0v) is 9.47. The van der Waals surface area contributed by atoms with Gasteiger partial charge in [0.15, 0.2) is 6.29 Å². The maximum Gasteiger partial charge on any atom is 0.157 e. The molecule has 0 aliphatic carbocycles. The first-order chi connectivity index (χ1) is 7.95. The van der Waals surface area contributed by atoms with E-state index in [0.717, 1.165) is 13.0 Å². The van der Waals surface area contributed by atoms with Crippen LogP contribution < -0.4 is 0 Å². The van der Waals surface area contributed by atoms with E-state index in [0.29, 0.717) is 6.61 Å². The number of rotatable bonds is 4. The highest BCUT2D eigenvalue weighted by molar-refractivity contribution is 5.48. The Bertz CT molecular complexity index is 313. The largest absolute Gasteiger partial charge is 0.353 e. The van der Waals surface area contributed by atoms with Crippen molar-refractivity contribution in [1.82, 2.24) is 0 Å². The van der Waals surface area contributed by atoms with Gasteiger partial charge in [0.2, 0.25) is 0 Å². The average molecular weight is 218 g/mol. The quantitative estimate of drug-likeness (QED) is 0.772. The van der Waals surface area contributed by atoms with Gasteiger partial charge in [-0.25, -0.2) is 0 Å². The van der Waals surface area contributed by atoms with Crippen molar-refractivity contribution in [2.24, 2.45) is 0 Å². The van der Waals surface area contributed by atoms with Crippen molar-refractivity contribution in [2.45, 2.75) is 25.6 Å². The smallest absolute Gasteiger partial charge is 0.157 e. The van der Waals surface area contributed by atoms with Crippen LogP contribution in [0.3, 0.4) is 0 Å². The Kier molecular flexibility index (Phi) is 4.59. The maximum absolute atomic E-state index is 5.60. The van der Waals surface area contributed by atoms with Gasteiger partial charge >= 0.3 is 0 Å². The summed E-state index contributed by atoms with van der Waals surface area (Å²) < 4.78 is 11.1. The van der Waals surface area contributed by atoms with Crippen LogP contribution in [0.25, 0.3) is 6.08 Å². The third-order valence-corrected chi connectivity index (χ3v) is 2.63. The molecule has 1 heterocycles. The fourth-order valence-electron chi connectivity index (χ4n) is 1.75.